The fourth-order valence-corrected chi connectivity index (χ4v) is 1.21. The standard InChI is InChI=1S/C11H8F3NO/c1-16-10(11(12,13)14)9(7-15)8-5-3-2-4-6-8/h2-6H,1H3. The highest BCUT2D eigenvalue weighted by Crippen LogP contribution is 2.32. The maximum atomic E-state index is 12.5. The van der Waals surface area contributed by atoms with Gasteiger partial charge >= 0.3 is 6.18 Å². The van der Waals surface area contributed by atoms with Crippen LogP contribution in [0, 0.1) is 11.3 Å². The maximum absolute atomic E-state index is 12.5. The monoisotopic (exact) mass is 227 g/mol. The van der Waals surface area contributed by atoms with Gasteiger partial charge in [-0.2, -0.15) is 18.4 Å². The third-order valence-corrected chi connectivity index (χ3v) is 1.86. The van der Waals surface area contributed by atoms with Crippen LogP contribution in [0.1, 0.15) is 5.56 Å². The molecule has 0 amide bonds. The van der Waals surface area contributed by atoms with Crippen LogP contribution in [0.4, 0.5) is 13.2 Å². The molecule has 0 atom stereocenters. The number of halogens is 3. The topological polar surface area (TPSA) is 33.0 Å². The fraction of sp³-hybridized carbons (Fsp3) is 0.182. The number of nitriles is 1. The van der Waals surface area contributed by atoms with Crippen molar-refractivity contribution >= 4 is 5.57 Å². The van der Waals surface area contributed by atoms with Crippen molar-refractivity contribution in [2.24, 2.45) is 0 Å². The number of ether oxygens (including phenoxy) is 1. The number of rotatable bonds is 2. The zero-order chi connectivity index (χ0) is 12.2. The summed E-state index contributed by atoms with van der Waals surface area (Å²) in [6.45, 7) is 0. The van der Waals surface area contributed by atoms with Crippen molar-refractivity contribution in [3.63, 3.8) is 0 Å². The van der Waals surface area contributed by atoms with Crippen LogP contribution in [0.15, 0.2) is 36.1 Å². The molecule has 5 heteroatoms. The Morgan fingerprint density at radius 1 is 1.25 bits per heavy atom. The highest BCUT2D eigenvalue weighted by Gasteiger charge is 2.38. The predicted molar refractivity (Wildman–Crippen MR) is 52.0 cm³/mol. The molecule has 1 aromatic rings. The van der Waals surface area contributed by atoms with Gasteiger partial charge in [0.25, 0.3) is 0 Å². The molecule has 16 heavy (non-hydrogen) atoms. The van der Waals surface area contributed by atoms with E-state index in [0.29, 0.717) is 0 Å². The Labute approximate surface area is 90.6 Å². The minimum absolute atomic E-state index is 0.180. The first-order valence-electron chi connectivity index (χ1n) is 4.31. The molecule has 0 spiro atoms. The summed E-state index contributed by atoms with van der Waals surface area (Å²) >= 11 is 0. The summed E-state index contributed by atoms with van der Waals surface area (Å²) in [6, 6.07) is 9.11. The van der Waals surface area contributed by atoms with Crippen molar-refractivity contribution in [3.05, 3.63) is 41.7 Å². The van der Waals surface area contributed by atoms with E-state index in [9.17, 15) is 13.2 Å². The van der Waals surface area contributed by atoms with Gasteiger partial charge in [-0.1, -0.05) is 30.3 Å². The molecule has 0 unspecified atom stereocenters. The molecule has 0 aliphatic heterocycles. The SMILES string of the molecule is COC(=C(C#N)c1ccccc1)C(F)(F)F. The van der Waals surface area contributed by atoms with Gasteiger partial charge < -0.3 is 4.74 Å². The summed E-state index contributed by atoms with van der Waals surface area (Å²) in [7, 11) is 0.892. The molecule has 0 heterocycles. The van der Waals surface area contributed by atoms with Gasteiger partial charge in [0.05, 0.1) is 7.11 Å². The third-order valence-electron chi connectivity index (χ3n) is 1.86. The molecule has 0 bridgehead atoms. The second kappa shape index (κ2) is 4.71. The number of hydrogen-bond donors (Lipinski definition) is 0. The van der Waals surface area contributed by atoms with E-state index in [4.69, 9.17) is 5.26 Å². The van der Waals surface area contributed by atoms with E-state index in [1.54, 1.807) is 18.2 Å². The van der Waals surface area contributed by atoms with Crippen LogP contribution in [-0.2, 0) is 4.74 Å². The van der Waals surface area contributed by atoms with Crippen molar-refractivity contribution in [3.8, 4) is 6.07 Å². The number of allylic oxidation sites excluding steroid dienone is 2. The van der Waals surface area contributed by atoms with Gasteiger partial charge in [0.15, 0.2) is 0 Å². The molecule has 84 valence electrons. The zero-order valence-corrected chi connectivity index (χ0v) is 8.38. The van der Waals surface area contributed by atoms with E-state index in [2.05, 4.69) is 4.74 Å². The highest BCUT2D eigenvalue weighted by atomic mass is 19.4. The van der Waals surface area contributed by atoms with Crippen LogP contribution in [0.5, 0.6) is 0 Å². The Bertz CT molecular complexity index is 429. The van der Waals surface area contributed by atoms with Crippen molar-refractivity contribution in [1.82, 2.24) is 0 Å². The number of alkyl halides is 3. The smallest absolute Gasteiger partial charge is 0.450 e. The van der Waals surface area contributed by atoms with E-state index in [1.165, 1.54) is 18.2 Å². The molecule has 1 aromatic carbocycles. The van der Waals surface area contributed by atoms with Crippen molar-refractivity contribution in [2.45, 2.75) is 6.18 Å². The summed E-state index contributed by atoms with van der Waals surface area (Å²) in [5, 5.41) is 8.76. The van der Waals surface area contributed by atoms with Gasteiger partial charge in [-0.3, -0.25) is 0 Å². The summed E-state index contributed by atoms with van der Waals surface area (Å²) in [5.74, 6) is -1.28. The molecule has 1 rings (SSSR count). The lowest BCUT2D eigenvalue weighted by molar-refractivity contribution is -0.124. The first-order chi connectivity index (χ1) is 7.50. The molecule has 0 aliphatic rings. The van der Waals surface area contributed by atoms with Crippen molar-refractivity contribution in [2.75, 3.05) is 7.11 Å². The van der Waals surface area contributed by atoms with Crippen LogP contribution in [-0.4, -0.2) is 13.3 Å². The minimum atomic E-state index is -4.67. The first-order valence-corrected chi connectivity index (χ1v) is 4.31. The summed E-state index contributed by atoms with van der Waals surface area (Å²) in [4.78, 5) is 0. The summed E-state index contributed by atoms with van der Waals surface area (Å²) in [6.07, 6.45) is -4.67. The maximum Gasteiger partial charge on any atom is 0.450 e. The second-order valence-corrected chi connectivity index (χ2v) is 2.88. The molecular weight excluding hydrogens is 219 g/mol. The Morgan fingerprint density at radius 2 is 1.81 bits per heavy atom. The van der Waals surface area contributed by atoms with E-state index >= 15 is 0 Å². The third kappa shape index (κ3) is 2.54. The molecule has 0 N–H and O–H groups in total. The van der Waals surface area contributed by atoms with E-state index in [1.807, 2.05) is 0 Å². The minimum Gasteiger partial charge on any atom is -0.491 e. The second-order valence-electron chi connectivity index (χ2n) is 2.88. The van der Waals surface area contributed by atoms with Crippen LogP contribution in [0.25, 0.3) is 5.57 Å². The van der Waals surface area contributed by atoms with Gasteiger partial charge in [0, 0.05) is 0 Å². The lowest BCUT2D eigenvalue weighted by atomic mass is 10.1. The predicted octanol–water partition coefficient (Wildman–Crippen LogP) is 3.13. The van der Waals surface area contributed by atoms with Crippen molar-refractivity contribution < 1.29 is 17.9 Å². The molecule has 0 saturated carbocycles. The zero-order valence-electron chi connectivity index (χ0n) is 8.38. The molecule has 0 fully saturated rings. The normalized spacial score (nSPS) is 12.7. The molecule has 0 aliphatic carbocycles. The number of hydrogen-bond acceptors (Lipinski definition) is 2. The van der Waals surface area contributed by atoms with Crippen LogP contribution in [0.2, 0.25) is 0 Å². The quantitative estimate of drug-likeness (QED) is 0.574. The van der Waals surface area contributed by atoms with E-state index in [-0.39, 0.29) is 5.56 Å². The molecule has 0 aromatic heterocycles. The molecule has 2 nitrogen and oxygen atoms in total. The largest absolute Gasteiger partial charge is 0.491 e. The average Bonchev–Trinajstić information content (AvgIpc) is 2.25. The Morgan fingerprint density at radius 3 is 2.19 bits per heavy atom. The highest BCUT2D eigenvalue weighted by molar-refractivity contribution is 5.78. The number of methoxy groups -OCH3 is 1. The lowest BCUT2D eigenvalue weighted by Crippen LogP contribution is -2.15. The molecule has 0 saturated heterocycles. The average molecular weight is 227 g/mol. The van der Waals surface area contributed by atoms with Crippen LogP contribution in [0.3, 0.4) is 0 Å². The molecule has 0 radical (unpaired) electrons. The van der Waals surface area contributed by atoms with Crippen LogP contribution >= 0.6 is 0 Å². The number of benzene rings is 1. The fourth-order valence-electron chi connectivity index (χ4n) is 1.21. The van der Waals surface area contributed by atoms with Gasteiger partial charge in [0.1, 0.15) is 11.6 Å². The lowest BCUT2D eigenvalue weighted by Gasteiger charge is -2.12. The Hall–Kier alpha value is -1.96. The van der Waals surface area contributed by atoms with Gasteiger partial charge in [-0.25, -0.2) is 0 Å². The first kappa shape index (κ1) is 12.1. The van der Waals surface area contributed by atoms with E-state index < -0.39 is 17.5 Å². The van der Waals surface area contributed by atoms with E-state index in [0.717, 1.165) is 7.11 Å². The van der Waals surface area contributed by atoms with Crippen molar-refractivity contribution in [1.29, 1.82) is 5.26 Å². The van der Waals surface area contributed by atoms with Gasteiger partial charge in [-0.15, -0.1) is 0 Å². The number of nitrogens with zero attached hydrogens (tertiary/aromatic N) is 1. The summed E-state index contributed by atoms with van der Waals surface area (Å²) in [5.41, 5.74) is -0.338. The molecular formula is C11H8F3NO. The Kier molecular flexibility index (Phi) is 3.56. The van der Waals surface area contributed by atoms with Gasteiger partial charge in [0.2, 0.25) is 5.76 Å². The summed E-state index contributed by atoms with van der Waals surface area (Å²) < 4.78 is 41.8. The Balaban J connectivity index is 3.36. The van der Waals surface area contributed by atoms with Gasteiger partial charge in [-0.05, 0) is 5.56 Å². The van der Waals surface area contributed by atoms with Crippen LogP contribution < -0.4 is 0 Å².